The highest BCUT2D eigenvalue weighted by Gasteiger charge is 2.46. The number of hydrogen-bond acceptors (Lipinski definition) is 2. The van der Waals surface area contributed by atoms with Crippen LogP contribution in [0.3, 0.4) is 0 Å². The molecule has 0 spiro atoms. The van der Waals surface area contributed by atoms with Crippen molar-refractivity contribution >= 4 is 17.5 Å². The number of carbonyl (C=O) groups is 2. The van der Waals surface area contributed by atoms with E-state index in [0.29, 0.717) is 6.42 Å². The first kappa shape index (κ1) is 14.1. The maximum absolute atomic E-state index is 12.9. The molecule has 0 N–H and O–H groups in total. The van der Waals surface area contributed by atoms with E-state index in [1.165, 1.54) is 0 Å². The average molecular weight is 286 g/mol. The molecule has 4 nitrogen and oxygen atoms in total. The number of anilines is 1. The highest BCUT2D eigenvalue weighted by Crippen LogP contribution is 2.31. The van der Waals surface area contributed by atoms with Crippen LogP contribution in [0.4, 0.5) is 5.69 Å². The number of amides is 2. The van der Waals surface area contributed by atoms with Crippen LogP contribution in [-0.4, -0.2) is 35.3 Å². The van der Waals surface area contributed by atoms with E-state index in [-0.39, 0.29) is 23.9 Å². The number of nitrogens with zero attached hydrogens (tertiary/aromatic N) is 2. The Morgan fingerprint density at radius 3 is 2.48 bits per heavy atom. The molecule has 1 aromatic rings. The molecular formula is C17H22N2O2. The molecule has 2 aliphatic heterocycles. The summed E-state index contributed by atoms with van der Waals surface area (Å²) in [5.41, 5.74) is 2.00. The normalized spacial score (nSPS) is 26.0. The molecule has 2 atom stereocenters. The Bertz CT molecular complexity index is 552. The summed E-state index contributed by atoms with van der Waals surface area (Å²) in [6.07, 6.45) is 3.49. The van der Waals surface area contributed by atoms with Crippen LogP contribution in [0.15, 0.2) is 24.3 Å². The molecule has 2 aliphatic rings. The van der Waals surface area contributed by atoms with Gasteiger partial charge in [-0.1, -0.05) is 24.6 Å². The molecule has 0 saturated carbocycles. The monoisotopic (exact) mass is 286 g/mol. The Morgan fingerprint density at radius 2 is 1.81 bits per heavy atom. The Balaban J connectivity index is 1.98. The minimum Gasteiger partial charge on any atom is -0.329 e. The molecule has 0 aromatic heterocycles. The van der Waals surface area contributed by atoms with Gasteiger partial charge in [-0.05, 0) is 44.7 Å². The van der Waals surface area contributed by atoms with Crippen LogP contribution in [0.25, 0.3) is 0 Å². The first-order valence-corrected chi connectivity index (χ1v) is 7.83. The molecule has 0 bridgehead atoms. The van der Waals surface area contributed by atoms with Crippen molar-refractivity contribution in [2.24, 2.45) is 0 Å². The molecule has 3 rings (SSSR count). The van der Waals surface area contributed by atoms with E-state index in [2.05, 4.69) is 0 Å². The maximum Gasteiger partial charge on any atom is 0.250 e. The molecule has 2 heterocycles. The van der Waals surface area contributed by atoms with E-state index in [9.17, 15) is 9.59 Å². The molecule has 1 aromatic carbocycles. The predicted molar refractivity (Wildman–Crippen MR) is 82.1 cm³/mol. The molecule has 0 radical (unpaired) electrons. The van der Waals surface area contributed by atoms with Crippen molar-refractivity contribution in [3.8, 4) is 0 Å². The van der Waals surface area contributed by atoms with Crippen molar-refractivity contribution < 1.29 is 9.59 Å². The molecule has 4 heteroatoms. The predicted octanol–water partition coefficient (Wildman–Crippen LogP) is 2.50. The van der Waals surface area contributed by atoms with Gasteiger partial charge in [0.2, 0.25) is 5.91 Å². The van der Waals surface area contributed by atoms with E-state index in [1.807, 2.05) is 43.0 Å². The van der Waals surface area contributed by atoms with Gasteiger partial charge < -0.3 is 4.90 Å². The summed E-state index contributed by atoms with van der Waals surface area (Å²) in [5, 5.41) is 0. The fourth-order valence-corrected chi connectivity index (χ4v) is 3.44. The van der Waals surface area contributed by atoms with Crippen molar-refractivity contribution in [3.63, 3.8) is 0 Å². The zero-order valence-electron chi connectivity index (χ0n) is 12.7. The second kappa shape index (κ2) is 5.51. The third-order valence-electron chi connectivity index (χ3n) is 4.60. The van der Waals surface area contributed by atoms with E-state index in [1.54, 1.807) is 4.90 Å². The fraction of sp³-hybridized carbons (Fsp3) is 0.529. The number of benzene rings is 1. The molecule has 21 heavy (non-hydrogen) atoms. The number of hydrogen-bond donors (Lipinski definition) is 0. The zero-order valence-corrected chi connectivity index (χ0v) is 12.7. The molecule has 2 unspecified atom stereocenters. The number of aryl methyl sites for hydroxylation is 1. The third-order valence-corrected chi connectivity index (χ3v) is 4.60. The van der Waals surface area contributed by atoms with Gasteiger partial charge in [-0.3, -0.25) is 14.5 Å². The smallest absolute Gasteiger partial charge is 0.250 e. The average Bonchev–Trinajstić information content (AvgIpc) is 2.52. The van der Waals surface area contributed by atoms with Gasteiger partial charge in [0.15, 0.2) is 0 Å². The summed E-state index contributed by atoms with van der Waals surface area (Å²) in [6.45, 7) is 4.72. The van der Waals surface area contributed by atoms with Crippen molar-refractivity contribution in [1.82, 2.24) is 4.90 Å². The zero-order chi connectivity index (χ0) is 15.0. The second-order valence-corrected chi connectivity index (χ2v) is 6.01. The van der Waals surface area contributed by atoms with E-state index in [0.717, 1.165) is 37.1 Å². The molecule has 2 saturated heterocycles. The summed E-state index contributed by atoms with van der Waals surface area (Å²) in [7, 11) is 0. The molecular weight excluding hydrogens is 264 g/mol. The molecule has 112 valence electrons. The van der Waals surface area contributed by atoms with Gasteiger partial charge in [0, 0.05) is 12.2 Å². The van der Waals surface area contributed by atoms with Crippen molar-refractivity contribution in [1.29, 1.82) is 0 Å². The van der Waals surface area contributed by atoms with Crippen molar-refractivity contribution in [3.05, 3.63) is 29.8 Å². The SMILES string of the molecule is CCC1C(=O)N2CCCCC2C(=O)N1c1ccc(C)cc1. The van der Waals surface area contributed by atoms with Crippen LogP contribution in [0, 0.1) is 6.92 Å². The summed E-state index contributed by atoms with van der Waals surface area (Å²) < 4.78 is 0. The van der Waals surface area contributed by atoms with E-state index < -0.39 is 0 Å². The first-order chi connectivity index (χ1) is 10.1. The van der Waals surface area contributed by atoms with Gasteiger partial charge in [0.05, 0.1) is 0 Å². The Kier molecular flexibility index (Phi) is 3.70. The summed E-state index contributed by atoms with van der Waals surface area (Å²) in [6, 6.07) is 7.27. The lowest BCUT2D eigenvalue weighted by atomic mass is 9.94. The molecule has 2 amide bonds. The molecule has 2 fully saturated rings. The number of piperazine rings is 1. The molecule has 0 aliphatic carbocycles. The Labute approximate surface area is 125 Å². The van der Waals surface area contributed by atoms with Crippen LogP contribution < -0.4 is 4.90 Å². The number of piperidine rings is 1. The van der Waals surface area contributed by atoms with Crippen LogP contribution in [0.2, 0.25) is 0 Å². The Morgan fingerprint density at radius 1 is 1.10 bits per heavy atom. The van der Waals surface area contributed by atoms with Crippen molar-refractivity contribution in [2.45, 2.75) is 51.6 Å². The quantitative estimate of drug-likeness (QED) is 0.838. The van der Waals surface area contributed by atoms with Gasteiger partial charge in [-0.2, -0.15) is 0 Å². The largest absolute Gasteiger partial charge is 0.329 e. The van der Waals surface area contributed by atoms with Crippen molar-refractivity contribution in [2.75, 3.05) is 11.4 Å². The van der Waals surface area contributed by atoms with Crippen LogP contribution >= 0.6 is 0 Å². The maximum atomic E-state index is 12.9. The lowest BCUT2D eigenvalue weighted by molar-refractivity contribution is -0.148. The van der Waals surface area contributed by atoms with Gasteiger partial charge in [0.25, 0.3) is 5.91 Å². The summed E-state index contributed by atoms with van der Waals surface area (Å²) in [4.78, 5) is 29.2. The standard InChI is InChI=1S/C17H22N2O2/c1-3-14-16(20)18-11-5-4-6-15(18)17(21)19(14)13-9-7-12(2)8-10-13/h7-10,14-15H,3-6,11H2,1-2H3. The highest BCUT2D eigenvalue weighted by atomic mass is 16.2. The number of carbonyl (C=O) groups excluding carboxylic acids is 2. The number of rotatable bonds is 2. The summed E-state index contributed by atoms with van der Waals surface area (Å²) in [5.74, 6) is 0.201. The second-order valence-electron chi connectivity index (χ2n) is 6.01. The Hall–Kier alpha value is -1.84. The van der Waals surface area contributed by atoms with Crippen LogP contribution in [0.5, 0.6) is 0 Å². The van der Waals surface area contributed by atoms with Crippen LogP contribution in [-0.2, 0) is 9.59 Å². The third kappa shape index (κ3) is 2.33. The van der Waals surface area contributed by atoms with Crippen LogP contribution in [0.1, 0.15) is 38.2 Å². The highest BCUT2D eigenvalue weighted by molar-refractivity contribution is 6.08. The van der Waals surface area contributed by atoms with E-state index in [4.69, 9.17) is 0 Å². The minimum absolute atomic E-state index is 0.0880. The topological polar surface area (TPSA) is 40.6 Å². The lowest BCUT2D eigenvalue weighted by Gasteiger charge is -2.46. The fourth-order valence-electron chi connectivity index (χ4n) is 3.44. The lowest BCUT2D eigenvalue weighted by Crippen LogP contribution is -2.66. The number of fused-ring (bicyclic) bond motifs is 1. The van der Waals surface area contributed by atoms with Gasteiger partial charge >= 0.3 is 0 Å². The van der Waals surface area contributed by atoms with E-state index >= 15 is 0 Å². The van der Waals surface area contributed by atoms with Gasteiger partial charge in [0.1, 0.15) is 12.1 Å². The van der Waals surface area contributed by atoms with Gasteiger partial charge in [-0.15, -0.1) is 0 Å². The van der Waals surface area contributed by atoms with Gasteiger partial charge in [-0.25, -0.2) is 0 Å². The first-order valence-electron chi connectivity index (χ1n) is 7.83. The minimum atomic E-state index is -0.352. The summed E-state index contributed by atoms with van der Waals surface area (Å²) >= 11 is 0.